The smallest absolute Gasteiger partial charge is 0.0402 e. The Hall–Kier alpha value is -0.120. The Morgan fingerprint density at radius 3 is 1.33 bits per heavy atom. The van der Waals surface area contributed by atoms with E-state index >= 15 is 0 Å². The van der Waals surface area contributed by atoms with Gasteiger partial charge >= 0.3 is 0 Å². The van der Waals surface area contributed by atoms with Crippen molar-refractivity contribution in [2.75, 3.05) is 19.8 Å². The molecule has 0 aromatic rings. The summed E-state index contributed by atoms with van der Waals surface area (Å²) in [6, 6.07) is 0. The molecule has 12 heavy (non-hydrogen) atoms. The fourth-order valence-corrected chi connectivity index (χ4v) is 0.394. The number of rotatable bonds is 3. The van der Waals surface area contributed by atoms with E-state index < -0.39 is 0 Å². The van der Waals surface area contributed by atoms with Gasteiger partial charge in [0.25, 0.3) is 0 Å². The van der Waals surface area contributed by atoms with Gasteiger partial charge < -0.3 is 15.9 Å². The molecule has 78 valence electrons. The van der Waals surface area contributed by atoms with E-state index in [2.05, 4.69) is 6.92 Å². The van der Waals surface area contributed by atoms with Crippen molar-refractivity contribution in [3.63, 3.8) is 0 Å². The summed E-state index contributed by atoms with van der Waals surface area (Å²) in [6.45, 7) is 6.89. The summed E-state index contributed by atoms with van der Waals surface area (Å²) in [7, 11) is 0. The van der Waals surface area contributed by atoms with E-state index in [-0.39, 0.29) is 13.2 Å². The summed E-state index contributed by atoms with van der Waals surface area (Å²) >= 11 is 0. The van der Waals surface area contributed by atoms with Gasteiger partial charge in [-0.05, 0) is 26.8 Å². The average molecular weight is 179 g/mol. The molecule has 0 atom stereocenters. The quantitative estimate of drug-likeness (QED) is 0.569. The van der Waals surface area contributed by atoms with Crippen molar-refractivity contribution in [3.8, 4) is 0 Å². The lowest BCUT2D eigenvalue weighted by atomic mass is 10.3. The molecule has 0 rings (SSSR count). The second-order valence-electron chi connectivity index (χ2n) is 2.13. The van der Waals surface area contributed by atoms with Crippen molar-refractivity contribution in [2.24, 2.45) is 5.73 Å². The van der Waals surface area contributed by atoms with Crippen LogP contribution in [0.25, 0.3) is 0 Å². The standard InChI is InChI=1S/C5H13N.2C2H6O/c1-2-3-4-5-6;2*1-2-3/h2-6H2,1H3;2*3H,2H2,1H3. The maximum Gasteiger partial charge on any atom is 0.0402 e. The van der Waals surface area contributed by atoms with E-state index in [1.807, 2.05) is 0 Å². The number of hydrogen-bond acceptors (Lipinski definition) is 3. The molecule has 0 unspecified atom stereocenters. The molecule has 3 nitrogen and oxygen atoms in total. The first-order valence-corrected chi connectivity index (χ1v) is 4.66. The largest absolute Gasteiger partial charge is 0.397 e. The molecule has 0 saturated carbocycles. The summed E-state index contributed by atoms with van der Waals surface area (Å²) in [5.41, 5.74) is 5.21. The van der Waals surface area contributed by atoms with Gasteiger partial charge in [-0.25, -0.2) is 0 Å². The molecule has 3 heteroatoms. The topological polar surface area (TPSA) is 66.5 Å². The predicted molar refractivity (Wildman–Crippen MR) is 54.1 cm³/mol. The van der Waals surface area contributed by atoms with Gasteiger partial charge in [0.05, 0.1) is 0 Å². The van der Waals surface area contributed by atoms with E-state index in [0.717, 1.165) is 6.54 Å². The van der Waals surface area contributed by atoms with Crippen molar-refractivity contribution >= 4 is 0 Å². The first kappa shape index (κ1) is 17.8. The minimum absolute atomic E-state index is 0.250. The van der Waals surface area contributed by atoms with Crippen LogP contribution in [0.1, 0.15) is 40.0 Å². The summed E-state index contributed by atoms with van der Waals surface area (Å²) in [6.07, 6.45) is 3.75. The highest BCUT2D eigenvalue weighted by Crippen LogP contribution is 1.88. The summed E-state index contributed by atoms with van der Waals surface area (Å²) in [5, 5.41) is 15.1. The lowest BCUT2D eigenvalue weighted by Crippen LogP contribution is -1.96. The molecule has 0 aliphatic heterocycles. The zero-order valence-electron chi connectivity index (χ0n) is 8.71. The summed E-state index contributed by atoms with van der Waals surface area (Å²) in [5.74, 6) is 0. The van der Waals surface area contributed by atoms with E-state index in [1.165, 1.54) is 19.3 Å². The highest BCUT2D eigenvalue weighted by molar-refractivity contribution is 4.34. The van der Waals surface area contributed by atoms with E-state index in [1.54, 1.807) is 13.8 Å². The van der Waals surface area contributed by atoms with E-state index in [9.17, 15) is 0 Å². The third-order valence-corrected chi connectivity index (χ3v) is 0.808. The molecule has 0 aliphatic rings. The van der Waals surface area contributed by atoms with Gasteiger partial charge in [0, 0.05) is 13.2 Å². The minimum atomic E-state index is 0.250. The first-order chi connectivity index (χ1) is 5.74. The van der Waals surface area contributed by atoms with Gasteiger partial charge in [0.1, 0.15) is 0 Å². The highest BCUT2D eigenvalue weighted by atomic mass is 16.3. The van der Waals surface area contributed by atoms with E-state index in [4.69, 9.17) is 15.9 Å². The number of aliphatic hydroxyl groups excluding tert-OH is 2. The lowest BCUT2D eigenvalue weighted by molar-refractivity contribution is 0.318. The molecular formula is C9H25NO2. The van der Waals surface area contributed by atoms with E-state index in [0.29, 0.717) is 0 Å². The van der Waals surface area contributed by atoms with Crippen molar-refractivity contribution in [1.82, 2.24) is 0 Å². The number of nitrogens with two attached hydrogens (primary N) is 1. The van der Waals surface area contributed by atoms with Crippen LogP contribution in [0, 0.1) is 0 Å². The van der Waals surface area contributed by atoms with Crippen LogP contribution in [0.4, 0.5) is 0 Å². The SMILES string of the molecule is CCCCCN.CCO.CCO. The minimum Gasteiger partial charge on any atom is -0.397 e. The highest BCUT2D eigenvalue weighted by Gasteiger charge is 1.75. The maximum absolute atomic E-state index is 7.57. The molecule has 0 aromatic carbocycles. The Morgan fingerprint density at radius 2 is 1.25 bits per heavy atom. The average Bonchev–Trinajstić information content (AvgIpc) is 2.04. The Bertz CT molecular complexity index is 37.5. The summed E-state index contributed by atoms with van der Waals surface area (Å²) in [4.78, 5) is 0. The van der Waals surface area contributed by atoms with Gasteiger partial charge in [-0.3, -0.25) is 0 Å². The van der Waals surface area contributed by atoms with Crippen LogP contribution in [0.5, 0.6) is 0 Å². The molecule has 0 bridgehead atoms. The second-order valence-corrected chi connectivity index (χ2v) is 2.13. The van der Waals surface area contributed by atoms with Crippen LogP contribution < -0.4 is 5.73 Å². The molecular weight excluding hydrogens is 154 g/mol. The zero-order valence-corrected chi connectivity index (χ0v) is 8.71. The monoisotopic (exact) mass is 179 g/mol. The number of hydrogen-bond donors (Lipinski definition) is 3. The molecule has 0 radical (unpaired) electrons. The molecule has 0 aromatic heterocycles. The maximum atomic E-state index is 7.57. The van der Waals surface area contributed by atoms with Crippen LogP contribution in [0.3, 0.4) is 0 Å². The lowest BCUT2D eigenvalue weighted by Gasteiger charge is -1.86. The Morgan fingerprint density at radius 1 is 0.917 bits per heavy atom. The van der Waals surface area contributed by atoms with Crippen LogP contribution >= 0.6 is 0 Å². The Kier molecular flexibility index (Phi) is 45.7. The molecule has 4 N–H and O–H groups in total. The van der Waals surface area contributed by atoms with Gasteiger partial charge in [-0.1, -0.05) is 19.8 Å². The molecule has 0 heterocycles. The van der Waals surface area contributed by atoms with Gasteiger partial charge in [0.15, 0.2) is 0 Å². The van der Waals surface area contributed by atoms with Crippen LogP contribution in [-0.4, -0.2) is 30.0 Å². The third kappa shape index (κ3) is 93.9. The zero-order chi connectivity index (χ0) is 10.2. The fourth-order valence-electron chi connectivity index (χ4n) is 0.394. The Labute approximate surface area is 76.6 Å². The molecule has 0 fully saturated rings. The first-order valence-electron chi connectivity index (χ1n) is 4.66. The van der Waals surface area contributed by atoms with Gasteiger partial charge in [-0.2, -0.15) is 0 Å². The normalized spacial score (nSPS) is 7.50. The van der Waals surface area contributed by atoms with Crippen molar-refractivity contribution in [3.05, 3.63) is 0 Å². The molecule has 0 amide bonds. The van der Waals surface area contributed by atoms with Crippen molar-refractivity contribution < 1.29 is 10.2 Å². The van der Waals surface area contributed by atoms with Crippen LogP contribution in [0.15, 0.2) is 0 Å². The van der Waals surface area contributed by atoms with Crippen LogP contribution in [-0.2, 0) is 0 Å². The second kappa shape index (κ2) is 30.7. The molecule has 0 spiro atoms. The number of aliphatic hydroxyl groups is 2. The fraction of sp³-hybridized carbons (Fsp3) is 1.00. The summed E-state index contributed by atoms with van der Waals surface area (Å²) < 4.78 is 0. The third-order valence-electron chi connectivity index (χ3n) is 0.808. The molecule has 0 saturated heterocycles. The van der Waals surface area contributed by atoms with Crippen molar-refractivity contribution in [1.29, 1.82) is 0 Å². The van der Waals surface area contributed by atoms with Gasteiger partial charge in [-0.15, -0.1) is 0 Å². The Balaban J connectivity index is -0.000000115. The molecule has 0 aliphatic carbocycles. The predicted octanol–water partition coefficient (Wildman–Crippen LogP) is 1.13. The number of unbranched alkanes of at least 4 members (excludes halogenated alkanes) is 2. The van der Waals surface area contributed by atoms with Crippen molar-refractivity contribution in [2.45, 2.75) is 40.0 Å². The van der Waals surface area contributed by atoms with Gasteiger partial charge in [0.2, 0.25) is 0 Å². The van der Waals surface area contributed by atoms with Crippen LogP contribution in [0.2, 0.25) is 0 Å².